The fraction of sp³-hybridized carbons (Fsp3) is 0.304. The quantitative estimate of drug-likeness (QED) is 0.690. The summed E-state index contributed by atoms with van der Waals surface area (Å²) in [4.78, 5) is 15.3. The van der Waals surface area contributed by atoms with Gasteiger partial charge in [0.1, 0.15) is 5.69 Å². The molecule has 1 saturated heterocycles. The first kappa shape index (κ1) is 19.7. The first-order valence-electron chi connectivity index (χ1n) is 9.96. The smallest absolute Gasteiger partial charge is 0.269 e. The third-order valence-corrected chi connectivity index (χ3v) is 5.76. The number of carbonyl (C=O) groups excluding carboxylic acids is 1. The molecule has 2 heterocycles. The van der Waals surface area contributed by atoms with Crippen molar-refractivity contribution in [3.63, 3.8) is 0 Å². The van der Waals surface area contributed by atoms with Crippen LogP contribution < -0.4 is 5.32 Å². The molecule has 1 fully saturated rings. The number of halogens is 1. The van der Waals surface area contributed by atoms with Crippen LogP contribution in [0.1, 0.15) is 28.9 Å². The molecule has 0 unspecified atom stereocenters. The second-order valence-electron chi connectivity index (χ2n) is 7.53. The summed E-state index contributed by atoms with van der Waals surface area (Å²) in [5.74, 6) is -0.0835. The Kier molecular flexibility index (Phi) is 5.97. The average molecular weight is 409 g/mol. The summed E-state index contributed by atoms with van der Waals surface area (Å²) in [5, 5.41) is 8.29. The van der Waals surface area contributed by atoms with Gasteiger partial charge in [-0.3, -0.25) is 14.4 Å². The van der Waals surface area contributed by atoms with Gasteiger partial charge in [-0.25, -0.2) is 0 Å². The van der Waals surface area contributed by atoms with E-state index in [0.717, 1.165) is 38.0 Å². The van der Waals surface area contributed by atoms with Crippen molar-refractivity contribution in [2.24, 2.45) is 7.05 Å². The maximum absolute atomic E-state index is 12.8. The van der Waals surface area contributed by atoms with Crippen LogP contribution in [-0.4, -0.2) is 39.7 Å². The number of aryl methyl sites for hydroxylation is 1. The van der Waals surface area contributed by atoms with Gasteiger partial charge >= 0.3 is 0 Å². The summed E-state index contributed by atoms with van der Waals surface area (Å²) in [6.07, 6.45) is 1.90. The second kappa shape index (κ2) is 8.80. The average Bonchev–Trinajstić information content (AvgIpc) is 3.12. The third kappa shape index (κ3) is 4.69. The summed E-state index contributed by atoms with van der Waals surface area (Å²) in [6, 6.07) is 20.0. The van der Waals surface area contributed by atoms with Crippen molar-refractivity contribution < 1.29 is 4.79 Å². The number of hydrogen-bond donors (Lipinski definition) is 1. The maximum atomic E-state index is 12.8. The predicted molar refractivity (Wildman–Crippen MR) is 116 cm³/mol. The van der Waals surface area contributed by atoms with E-state index in [1.807, 2.05) is 30.3 Å². The van der Waals surface area contributed by atoms with Gasteiger partial charge in [0.15, 0.2) is 0 Å². The Bertz CT molecular complexity index is 978. The molecule has 150 valence electrons. The van der Waals surface area contributed by atoms with E-state index in [-0.39, 0.29) is 11.9 Å². The van der Waals surface area contributed by atoms with Gasteiger partial charge in [-0.15, -0.1) is 0 Å². The fourth-order valence-electron chi connectivity index (χ4n) is 3.82. The summed E-state index contributed by atoms with van der Waals surface area (Å²) < 4.78 is 1.62. The number of piperidine rings is 1. The largest absolute Gasteiger partial charge is 0.348 e. The standard InChI is InChI=1S/C23H25ClN4O/c1-27-22(15-21(26-27)19-9-5-6-10-20(19)24)23(29)25-18-11-13-28(14-12-18)16-17-7-3-2-4-8-17/h2-10,15,18H,11-14,16H2,1H3,(H,25,29). The second-order valence-corrected chi connectivity index (χ2v) is 7.93. The molecule has 0 radical (unpaired) electrons. The van der Waals surface area contributed by atoms with Crippen LogP contribution in [0.15, 0.2) is 60.7 Å². The molecule has 1 amide bonds. The maximum Gasteiger partial charge on any atom is 0.269 e. The molecule has 0 aliphatic carbocycles. The molecule has 6 heteroatoms. The summed E-state index contributed by atoms with van der Waals surface area (Å²) in [7, 11) is 1.79. The molecule has 1 aliphatic heterocycles. The summed E-state index contributed by atoms with van der Waals surface area (Å²) in [5.41, 5.74) is 3.42. The van der Waals surface area contributed by atoms with Gasteiger partial charge in [0.2, 0.25) is 0 Å². The summed E-state index contributed by atoms with van der Waals surface area (Å²) >= 11 is 6.27. The SMILES string of the molecule is Cn1nc(-c2ccccc2Cl)cc1C(=O)NC1CCN(Cc2ccccc2)CC1. The van der Waals surface area contributed by atoms with Crippen LogP contribution in [0.25, 0.3) is 11.3 Å². The Balaban J connectivity index is 1.35. The van der Waals surface area contributed by atoms with E-state index >= 15 is 0 Å². The van der Waals surface area contributed by atoms with Crippen LogP contribution in [0, 0.1) is 0 Å². The highest BCUT2D eigenvalue weighted by Gasteiger charge is 2.23. The minimum Gasteiger partial charge on any atom is -0.348 e. The molecule has 1 N–H and O–H groups in total. The Morgan fingerprint density at radius 3 is 2.52 bits per heavy atom. The van der Waals surface area contributed by atoms with Gasteiger partial charge in [0, 0.05) is 38.3 Å². The number of aromatic nitrogens is 2. The lowest BCUT2D eigenvalue weighted by molar-refractivity contribution is 0.0899. The van der Waals surface area contributed by atoms with Crippen molar-refractivity contribution in [3.8, 4) is 11.3 Å². The lowest BCUT2D eigenvalue weighted by atomic mass is 10.0. The van der Waals surface area contributed by atoms with E-state index in [2.05, 4.69) is 39.6 Å². The fourth-order valence-corrected chi connectivity index (χ4v) is 4.05. The van der Waals surface area contributed by atoms with E-state index in [9.17, 15) is 4.79 Å². The van der Waals surface area contributed by atoms with Crippen LogP contribution in [-0.2, 0) is 13.6 Å². The molecule has 5 nitrogen and oxygen atoms in total. The van der Waals surface area contributed by atoms with Crippen molar-refractivity contribution >= 4 is 17.5 Å². The van der Waals surface area contributed by atoms with E-state index in [1.54, 1.807) is 17.8 Å². The number of likely N-dealkylation sites (tertiary alicyclic amines) is 1. The van der Waals surface area contributed by atoms with Crippen molar-refractivity contribution in [2.75, 3.05) is 13.1 Å². The highest BCUT2D eigenvalue weighted by molar-refractivity contribution is 6.33. The zero-order chi connectivity index (χ0) is 20.2. The number of rotatable bonds is 5. The Hall–Kier alpha value is -2.63. The molecular formula is C23H25ClN4O. The molecule has 29 heavy (non-hydrogen) atoms. The topological polar surface area (TPSA) is 50.2 Å². The Morgan fingerprint density at radius 1 is 1.10 bits per heavy atom. The Morgan fingerprint density at radius 2 is 1.79 bits per heavy atom. The van der Waals surface area contributed by atoms with E-state index in [1.165, 1.54) is 5.56 Å². The molecule has 1 aliphatic rings. The predicted octanol–water partition coefficient (Wildman–Crippen LogP) is 4.13. The minimum atomic E-state index is -0.0835. The highest BCUT2D eigenvalue weighted by atomic mass is 35.5. The molecule has 1 aromatic heterocycles. The van der Waals surface area contributed by atoms with Crippen LogP contribution in [0.3, 0.4) is 0 Å². The van der Waals surface area contributed by atoms with Gasteiger partial charge < -0.3 is 5.32 Å². The monoisotopic (exact) mass is 408 g/mol. The van der Waals surface area contributed by atoms with Gasteiger partial charge in [-0.05, 0) is 30.5 Å². The molecule has 0 atom stereocenters. The number of carbonyl (C=O) groups is 1. The van der Waals surface area contributed by atoms with Gasteiger partial charge in [0.25, 0.3) is 5.91 Å². The number of hydrogen-bond acceptors (Lipinski definition) is 3. The molecule has 3 aromatic rings. The first-order valence-corrected chi connectivity index (χ1v) is 10.3. The van der Waals surface area contributed by atoms with Crippen LogP contribution >= 0.6 is 11.6 Å². The van der Waals surface area contributed by atoms with Crippen LogP contribution in [0.5, 0.6) is 0 Å². The molecule has 0 saturated carbocycles. The zero-order valence-electron chi connectivity index (χ0n) is 16.5. The lowest BCUT2D eigenvalue weighted by Crippen LogP contribution is -2.44. The number of nitrogens with one attached hydrogen (secondary N) is 1. The van der Waals surface area contributed by atoms with Crippen molar-refractivity contribution in [1.82, 2.24) is 20.0 Å². The van der Waals surface area contributed by atoms with E-state index in [4.69, 9.17) is 11.6 Å². The number of nitrogens with zero attached hydrogens (tertiary/aromatic N) is 3. The first-order chi connectivity index (χ1) is 14.1. The van der Waals surface area contributed by atoms with E-state index in [0.29, 0.717) is 16.4 Å². The van der Waals surface area contributed by atoms with Crippen molar-refractivity contribution in [1.29, 1.82) is 0 Å². The number of amides is 1. The van der Waals surface area contributed by atoms with E-state index < -0.39 is 0 Å². The molecule has 2 aromatic carbocycles. The van der Waals surface area contributed by atoms with Gasteiger partial charge in [-0.1, -0.05) is 60.1 Å². The van der Waals surface area contributed by atoms with Crippen molar-refractivity contribution in [2.45, 2.75) is 25.4 Å². The van der Waals surface area contributed by atoms with Crippen molar-refractivity contribution in [3.05, 3.63) is 76.9 Å². The number of benzene rings is 2. The molecule has 4 rings (SSSR count). The normalized spacial score (nSPS) is 15.4. The minimum absolute atomic E-state index is 0.0835. The molecule has 0 bridgehead atoms. The zero-order valence-corrected chi connectivity index (χ0v) is 17.3. The lowest BCUT2D eigenvalue weighted by Gasteiger charge is -2.32. The van der Waals surface area contributed by atoms with Crippen LogP contribution in [0.4, 0.5) is 0 Å². The van der Waals surface area contributed by atoms with Crippen LogP contribution in [0.2, 0.25) is 5.02 Å². The molecule has 0 spiro atoms. The summed E-state index contributed by atoms with van der Waals surface area (Å²) in [6.45, 7) is 2.93. The van der Waals surface area contributed by atoms with Gasteiger partial charge in [-0.2, -0.15) is 5.10 Å². The highest BCUT2D eigenvalue weighted by Crippen LogP contribution is 2.27. The Labute approximate surface area is 176 Å². The molecular weight excluding hydrogens is 384 g/mol. The van der Waals surface area contributed by atoms with Gasteiger partial charge in [0.05, 0.1) is 10.7 Å². The third-order valence-electron chi connectivity index (χ3n) is 5.43.